The molecule has 1 atom stereocenters. The zero-order chi connectivity index (χ0) is 19.3. The molecule has 26 heavy (non-hydrogen) atoms. The van der Waals surface area contributed by atoms with Gasteiger partial charge in [0.05, 0.1) is 0 Å². The summed E-state index contributed by atoms with van der Waals surface area (Å²) in [5.74, 6) is -0.392. The minimum Gasteiger partial charge on any atom is -0.339 e. The Morgan fingerprint density at radius 2 is 1.62 bits per heavy atom. The second-order valence-electron chi connectivity index (χ2n) is 5.06. The Balaban J connectivity index is 2.04. The van der Waals surface area contributed by atoms with Crippen LogP contribution in [0.25, 0.3) is 0 Å². The van der Waals surface area contributed by atoms with Gasteiger partial charge in [0, 0.05) is 19.3 Å². The third kappa shape index (κ3) is 7.01. The highest BCUT2D eigenvalue weighted by molar-refractivity contribution is 14.1. The summed E-state index contributed by atoms with van der Waals surface area (Å²) in [6.45, 7) is 0. The van der Waals surface area contributed by atoms with Gasteiger partial charge >= 0.3 is 0 Å². The van der Waals surface area contributed by atoms with Gasteiger partial charge in [0.2, 0.25) is 3.79 Å². The SMILES string of the molecule is O=C(NC(NC(=S)Nc1ccc(Br)cc1)C(Cl)(Cl)Cl)c1ccc(I)cc1. The third-order valence-electron chi connectivity index (χ3n) is 3.09. The average Bonchev–Trinajstić information content (AvgIpc) is 2.56. The van der Waals surface area contributed by atoms with Crippen molar-refractivity contribution in [3.63, 3.8) is 0 Å². The molecule has 138 valence electrons. The molecule has 0 spiro atoms. The molecule has 0 saturated heterocycles. The van der Waals surface area contributed by atoms with Gasteiger partial charge < -0.3 is 16.0 Å². The Labute approximate surface area is 193 Å². The van der Waals surface area contributed by atoms with Crippen molar-refractivity contribution < 1.29 is 4.79 Å². The molecule has 4 nitrogen and oxygen atoms in total. The number of anilines is 1. The molecule has 0 aromatic heterocycles. The van der Waals surface area contributed by atoms with E-state index in [-0.39, 0.29) is 5.11 Å². The normalized spacial score (nSPS) is 12.2. The molecule has 0 saturated carbocycles. The quantitative estimate of drug-likeness (QED) is 0.187. The van der Waals surface area contributed by atoms with E-state index in [1.807, 2.05) is 36.4 Å². The number of thiocarbonyl (C=S) groups is 1. The minimum absolute atomic E-state index is 0.201. The van der Waals surface area contributed by atoms with E-state index in [0.717, 1.165) is 13.7 Å². The van der Waals surface area contributed by atoms with E-state index < -0.39 is 15.9 Å². The lowest BCUT2D eigenvalue weighted by Gasteiger charge is -2.27. The number of rotatable bonds is 4. The molecule has 0 radical (unpaired) electrons. The number of amides is 1. The number of hydrogen-bond donors (Lipinski definition) is 3. The standard InChI is InChI=1S/C16H12BrCl3IN3OS/c17-10-3-7-12(8-4-10)22-15(26)24-14(16(18,19)20)23-13(25)9-1-5-11(21)6-2-9/h1-8,14H,(H,23,25)(H2,22,24,26). The highest BCUT2D eigenvalue weighted by Crippen LogP contribution is 2.29. The maximum Gasteiger partial charge on any atom is 0.252 e. The number of benzene rings is 2. The average molecular weight is 608 g/mol. The van der Waals surface area contributed by atoms with Crippen LogP contribution in [-0.2, 0) is 0 Å². The molecule has 0 aliphatic heterocycles. The number of hydrogen-bond acceptors (Lipinski definition) is 2. The summed E-state index contributed by atoms with van der Waals surface area (Å²) in [5, 5.41) is 8.61. The predicted octanol–water partition coefficient (Wildman–Crippen LogP) is 5.47. The van der Waals surface area contributed by atoms with Crippen molar-refractivity contribution in [3.05, 3.63) is 62.1 Å². The molecule has 0 bridgehead atoms. The van der Waals surface area contributed by atoms with E-state index >= 15 is 0 Å². The van der Waals surface area contributed by atoms with Crippen LogP contribution in [0.2, 0.25) is 0 Å². The number of nitrogens with one attached hydrogen (secondary N) is 3. The zero-order valence-corrected chi connectivity index (χ0v) is 19.7. The topological polar surface area (TPSA) is 53.2 Å². The number of carbonyl (C=O) groups excluding carboxylic acids is 1. The molecule has 2 aromatic carbocycles. The highest BCUT2D eigenvalue weighted by Gasteiger charge is 2.34. The van der Waals surface area contributed by atoms with Crippen LogP contribution >= 0.6 is 85.5 Å². The van der Waals surface area contributed by atoms with Crippen molar-refractivity contribution >= 4 is 102 Å². The van der Waals surface area contributed by atoms with Gasteiger partial charge in [0.15, 0.2) is 5.11 Å². The first-order valence-electron chi connectivity index (χ1n) is 7.11. The van der Waals surface area contributed by atoms with Gasteiger partial charge in [-0.2, -0.15) is 0 Å². The van der Waals surface area contributed by atoms with E-state index in [9.17, 15) is 4.79 Å². The first kappa shape index (κ1) is 22.0. The summed E-state index contributed by atoms with van der Waals surface area (Å²) >= 11 is 28.7. The number of halogens is 5. The van der Waals surface area contributed by atoms with Crippen molar-refractivity contribution in [1.29, 1.82) is 0 Å². The third-order valence-corrected chi connectivity index (χ3v) is 5.21. The van der Waals surface area contributed by atoms with Crippen LogP contribution in [0.1, 0.15) is 10.4 Å². The van der Waals surface area contributed by atoms with E-state index in [2.05, 4.69) is 54.5 Å². The maximum absolute atomic E-state index is 12.4. The summed E-state index contributed by atoms with van der Waals surface area (Å²) in [5.41, 5.74) is 1.19. The first-order chi connectivity index (χ1) is 12.1. The Bertz CT molecular complexity index is 785. The second kappa shape index (κ2) is 9.75. The van der Waals surface area contributed by atoms with Crippen LogP contribution in [0.3, 0.4) is 0 Å². The van der Waals surface area contributed by atoms with Gasteiger partial charge in [-0.25, -0.2) is 0 Å². The first-order valence-corrected chi connectivity index (χ1v) is 10.5. The largest absolute Gasteiger partial charge is 0.339 e. The fraction of sp³-hybridized carbons (Fsp3) is 0.125. The van der Waals surface area contributed by atoms with Gasteiger partial charge in [0.25, 0.3) is 5.91 Å². The van der Waals surface area contributed by atoms with Crippen LogP contribution in [0.4, 0.5) is 5.69 Å². The van der Waals surface area contributed by atoms with E-state index in [1.165, 1.54) is 0 Å². The van der Waals surface area contributed by atoms with Gasteiger partial charge in [-0.1, -0.05) is 50.7 Å². The molecule has 2 aromatic rings. The minimum atomic E-state index is -1.82. The van der Waals surface area contributed by atoms with E-state index in [1.54, 1.807) is 12.1 Å². The van der Waals surface area contributed by atoms with Gasteiger partial charge in [-0.05, 0) is 83.3 Å². The summed E-state index contributed by atoms with van der Waals surface area (Å²) in [7, 11) is 0. The molecular weight excluding hydrogens is 595 g/mol. The fourth-order valence-corrected chi connectivity index (χ4v) is 3.03. The van der Waals surface area contributed by atoms with Crippen LogP contribution in [0.15, 0.2) is 53.0 Å². The van der Waals surface area contributed by atoms with Crippen LogP contribution in [-0.4, -0.2) is 21.0 Å². The molecule has 3 N–H and O–H groups in total. The van der Waals surface area contributed by atoms with Crippen molar-refractivity contribution in [2.45, 2.75) is 9.96 Å². The van der Waals surface area contributed by atoms with Crippen LogP contribution < -0.4 is 16.0 Å². The molecule has 2 rings (SSSR count). The lowest BCUT2D eigenvalue weighted by molar-refractivity contribution is 0.0934. The monoisotopic (exact) mass is 605 g/mol. The zero-order valence-electron chi connectivity index (χ0n) is 12.9. The number of alkyl halides is 3. The van der Waals surface area contributed by atoms with Crippen LogP contribution in [0, 0.1) is 3.57 Å². The Morgan fingerprint density at radius 3 is 2.15 bits per heavy atom. The van der Waals surface area contributed by atoms with E-state index in [0.29, 0.717) is 5.56 Å². The molecule has 0 fully saturated rings. The predicted molar refractivity (Wildman–Crippen MR) is 124 cm³/mol. The van der Waals surface area contributed by atoms with E-state index in [4.69, 9.17) is 47.0 Å². The summed E-state index contributed by atoms with van der Waals surface area (Å²) < 4.78 is 0.130. The van der Waals surface area contributed by atoms with Crippen molar-refractivity contribution in [1.82, 2.24) is 10.6 Å². The van der Waals surface area contributed by atoms with Gasteiger partial charge in [0.1, 0.15) is 6.17 Å². The van der Waals surface area contributed by atoms with Crippen molar-refractivity contribution in [2.75, 3.05) is 5.32 Å². The Hall–Kier alpha value is -0.320. The van der Waals surface area contributed by atoms with Crippen molar-refractivity contribution in [2.24, 2.45) is 0 Å². The lowest BCUT2D eigenvalue weighted by Crippen LogP contribution is -2.56. The van der Waals surface area contributed by atoms with Crippen molar-refractivity contribution in [3.8, 4) is 0 Å². The number of carbonyl (C=O) groups is 1. The molecule has 1 amide bonds. The maximum atomic E-state index is 12.4. The summed E-state index contributed by atoms with van der Waals surface area (Å²) in [4.78, 5) is 12.4. The Morgan fingerprint density at radius 1 is 1.04 bits per heavy atom. The van der Waals surface area contributed by atoms with Gasteiger partial charge in [-0.3, -0.25) is 4.79 Å². The van der Waals surface area contributed by atoms with Gasteiger partial charge in [-0.15, -0.1) is 0 Å². The second-order valence-corrected chi connectivity index (χ2v) is 10.00. The highest BCUT2D eigenvalue weighted by atomic mass is 127. The Kier molecular flexibility index (Phi) is 8.24. The molecule has 0 heterocycles. The molecular formula is C16H12BrCl3IN3OS. The summed E-state index contributed by atoms with van der Waals surface area (Å²) in [6, 6.07) is 14.4. The summed E-state index contributed by atoms with van der Waals surface area (Å²) in [6.07, 6.45) is -1.03. The lowest BCUT2D eigenvalue weighted by atomic mass is 10.2. The fourth-order valence-electron chi connectivity index (χ4n) is 1.85. The van der Waals surface area contributed by atoms with Crippen LogP contribution in [0.5, 0.6) is 0 Å². The molecule has 0 aliphatic carbocycles. The smallest absolute Gasteiger partial charge is 0.252 e. The molecule has 10 heteroatoms. The molecule has 1 unspecified atom stereocenters. The molecule has 0 aliphatic rings.